The molecule has 81 valence electrons. The standard InChI is InChI=1S/C11H13F2OSi/c1-5(2)8-6(3)9(12)11(14-15)10(13)7(8)4/h5H,1-4H3. The van der Waals surface area contributed by atoms with Gasteiger partial charge in [-0.3, -0.25) is 0 Å². The molecule has 1 aromatic rings. The van der Waals surface area contributed by atoms with E-state index in [0.29, 0.717) is 16.7 Å². The maximum absolute atomic E-state index is 13.7. The molecule has 0 heterocycles. The summed E-state index contributed by atoms with van der Waals surface area (Å²) in [6, 6.07) is 0. The molecule has 0 aliphatic heterocycles. The lowest BCUT2D eigenvalue weighted by Crippen LogP contribution is -2.06. The molecule has 0 bridgehead atoms. The molecule has 0 spiro atoms. The zero-order valence-corrected chi connectivity index (χ0v) is 10.2. The van der Waals surface area contributed by atoms with E-state index in [2.05, 4.69) is 14.9 Å². The lowest BCUT2D eigenvalue weighted by molar-refractivity contribution is 0.465. The Labute approximate surface area is 92.0 Å². The molecule has 0 saturated heterocycles. The Morgan fingerprint density at radius 1 is 1.07 bits per heavy atom. The maximum Gasteiger partial charge on any atom is 0.341 e. The first-order chi connectivity index (χ1) is 6.91. The zero-order chi connectivity index (χ0) is 11.7. The van der Waals surface area contributed by atoms with Crippen LogP contribution in [0.1, 0.15) is 36.5 Å². The van der Waals surface area contributed by atoms with Crippen LogP contribution in [-0.4, -0.2) is 10.5 Å². The highest BCUT2D eigenvalue weighted by molar-refractivity contribution is 6.00. The van der Waals surface area contributed by atoms with E-state index in [4.69, 9.17) is 0 Å². The van der Waals surface area contributed by atoms with Crippen molar-refractivity contribution in [3.63, 3.8) is 0 Å². The highest BCUT2D eigenvalue weighted by Crippen LogP contribution is 2.34. The molecule has 0 atom stereocenters. The Bertz CT molecular complexity index is 360. The van der Waals surface area contributed by atoms with Crippen molar-refractivity contribution in [1.29, 1.82) is 0 Å². The Morgan fingerprint density at radius 2 is 1.47 bits per heavy atom. The summed E-state index contributed by atoms with van der Waals surface area (Å²) in [5, 5.41) is 0. The van der Waals surface area contributed by atoms with Gasteiger partial charge in [0.1, 0.15) is 0 Å². The number of rotatable bonds is 2. The van der Waals surface area contributed by atoms with Crippen molar-refractivity contribution in [1.82, 2.24) is 0 Å². The van der Waals surface area contributed by atoms with Gasteiger partial charge in [-0.1, -0.05) is 13.8 Å². The van der Waals surface area contributed by atoms with E-state index in [9.17, 15) is 8.78 Å². The molecule has 0 aliphatic carbocycles. The molecule has 4 heteroatoms. The van der Waals surface area contributed by atoms with Crippen molar-refractivity contribution >= 4 is 10.5 Å². The molecule has 0 saturated carbocycles. The molecule has 15 heavy (non-hydrogen) atoms. The summed E-state index contributed by atoms with van der Waals surface area (Å²) < 4.78 is 31.9. The number of hydrogen-bond donors (Lipinski definition) is 0. The molecular formula is C11H13F2OSi. The van der Waals surface area contributed by atoms with E-state index in [-0.39, 0.29) is 11.7 Å². The second-order valence-corrected chi connectivity index (χ2v) is 4.08. The Morgan fingerprint density at radius 3 is 1.73 bits per heavy atom. The molecule has 0 amide bonds. The van der Waals surface area contributed by atoms with Gasteiger partial charge >= 0.3 is 10.5 Å². The number of halogens is 2. The largest absolute Gasteiger partial charge is 0.537 e. The van der Waals surface area contributed by atoms with Crippen LogP contribution >= 0.6 is 0 Å². The highest BCUT2D eigenvalue weighted by Gasteiger charge is 2.21. The van der Waals surface area contributed by atoms with Crippen molar-refractivity contribution in [2.75, 3.05) is 0 Å². The fourth-order valence-corrected chi connectivity index (χ4v) is 2.09. The monoisotopic (exact) mass is 227 g/mol. The van der Waals surface area contributed by atoms with E-state index < -0.39 is 11.6 Å². The van der Waals surface area contributed by atoms with E-state index in [1.165, 1.54) is 0 Å². The summed E-state index contributed by atoms with van der Waals surface area (Å²) >= 11 is 0. The Balaban J connectivity index is 3.59. The SMILES string of the molecule is Cc1c(F)c(O[Si])c(F)c(C)c1C(C)C. The van der Waals surface area contributed by atoms with E-state index in [0.717, 1.165) is 0 Å². The minimum Gasteiger partial charge on any atom is -0.537 e. The van der Waals surface area contributed by atoms with Crippen LogP contribution < -0.4 is 4.43 Å². The molecular weight excluding hydrogens is 214 g/mol. The van der Waals surface area contributed by atoms with E-state index >= 15 is 0 Å². The molecule has 0 aromatic heterocycles. The van der Waals surface area contributed by atoms with Crippen LogP contribution in [0.5, 0.6) is 5.75 Å². The molecule has 0 fully saturated rings. The number of hydrogen-bond acceptors (Lipinski definition) is 1. The van der Waals surface area contributed by atoms with Gasteiger partial charge in [0.25, 0.3) is 0 Å². The first kappa shape index (κ1) is 12.2. The molecule has 0 N–H and O–H groups in total. The molecule has 0 aliphatic rings. The lowest BCUT2D eigenvalue weighted by atomic mass is 9.92. The molecule has 0 unspecified atom stereocenters. The van der Waals surface area contributed by atoms with Gasteiger partial charge < -0.3 is 4.43 Å². The third-order valence-electron chi connectivity index (χ3n) is 2.54. The van der Waals surface area contributed by atoms with Crippen molar-refractivity contribution < 1.29 is 13.2 Å². The van der Waals surface area contributed by atoms with Crippen LogP contribution in [0.3, 0.4) is 0 Å². The molecule has 1 nitrogen and oxygen atoms in total. The van der Waals surface area contributed by atoms with Gasteiger partial charge in [0.05, 0.1) is 0 Å². The van der Waals surface area contributed by atoms with Gasteiger partial charge in [0.2, 0.25) is 0 Å². The van der Waals surface area contributed by atoms with Crippen LogP contribution in [0.25, 0.3) is 0 Å². The quantitative estimate of drug-likeness (QED) is 0.705. The summed E-state index contributed by atoms with van der Waals surface area (Å²) in [5.74, 6) is -1.57. The van der Waals surface area contributed by atoms with E-state index in [1.807, 2.05) is 13.8 Å². The summed E-state index contributed by atoms with van der Waals surface area (Å²) in [6.07, 6.45) is 0. The van der Waals surface area contributed by atoms with Crippen molar-refractivity contribution in [2.24, 2.45) is 0 Å². The Kier molecular flexibility index (Phi) is 3.49. The van der Waals surface area contributed by atoms with Crippen LogP contribution in [0.4, 0.5) is 8.78 Å². The minimum atomic E-state index is -0.642. The summed E-state index contributed by atoms with van der Waals surface area (Å²) in [7, 11) is 2.66. The Hall–Kier alpha value is -0.903. The van der Waals surface area contributed by atoms with Crippen molar-refractivity contribution in [3.05, 3.63) is 28.3 Å². The first-order valence-electron chi connectivity index (χ1n) is 4.73. The maximum atomic E-state index is 13.7. The van der Waals surface area contributed by atoms with Crippen molar-refractivity contribution in [2.45, 2.75) is 33.6 Å². The van der Waals surface area contributed by atoms with Gasteiger partial charge in [0, 0.05) is 0 Å². The zero-order valence-electron chi connectivity index (χ0n) is 9.24. The fourth-order valence-electron chi connectivity index (χ4n) is 1.91. The smallest absolute Gasteiger partial charge is 0.341 e. The summed E-state index contributed by atoms with van der Waals surface area (Å²) in [6.45, 7) is 7.07. The highest BCUT2D eigenvalue weighted by atomic mass is 28.2. The average molecular weight is 227 g/mol. The van der Waals surface area contributed by atoms with Gasteiger partial charge in [-0.25, -0.2) is 8.78 Å². The second kappa shape index (κ2) is 4.31. The minimum absolute atomic E-state index is 0.0813. The summed E-state index contributed by atoms with van der Waals surface area (Å²) in [4.78, 5) is 0. The van der Waals surface area contributed by atoms with Gasteiger partial charge in [-0.2, -0.15) is 0 Å². The average Bonchev–Trinajstić information content (AvgIpc) is 2.16. The van der Waals surface area contributed by atoms with Crippen molar-refractivity contribution in [3.8, 4) is 5.75 Å². The first-order valence-corrected chi connectivity index (χ1v) is 5.14. The lowest BCUT2D eigenvalue weighted by Gasteiger charge is -2.17. The molecule has 1 rings (SSSR count). The molecule has 1 aromatic carbocycles. The van der Waals surface area contributed by atoms with Gasteiger partial charge in [-0.05, 0) is 36.5 Å². The second-order valence-electron chi connectivity index (χ2n) is 3.88. The predicted molar refractivity (Wildman–Crippen MR) is 56.3 cm³/mol. The third kappa shape index (κ3) is 1.90. The third-order valence-corrected chi connectivity index (χ3v) is 2.75. The topological polar surface area (TPSA) is 9.23 Å². The van der Waals surface area contributed by atoms with Crippen LogP contribution in [0.2, 0.25) is 0 Å². The van der Waals surface area contributed by atoms with Gasteiger partial charge in [-0.15, -0.1) is 0 Å². The summed E-state index contributed by atoms with van der Waals surface area (Å²) in [5.41, 5.74) is 1.59. The number of benzene rings is 1. The normalized spacial score (nSPS) is 10.9. The van der Waals surface area contributed by atoms with Crippen LogP contribution in [0.15, 0.2) is 0 Å². The van der Waals surface area contributed by atoms with Gasteiger partial charge in [0.15, 0.2) is 17.4 Å². The van der Waals surface area contributed by atoms with Crippen LogP contribution in [0, 0.1) is 25.5 Å². The molecule has 3 radical (unpaired) electrons. The van der Waals surface area contributed by atoms with E-state index in [1.54, 1.807) is 13.8 Å². The van der Waals surface area contributed by atoms with Crippen LogP contribution in [-0.2, 0) is 0 Å². The predicted octanol–water partition coefficient (Wildman–Crippen LogP) is 3.17. The fraction of sp³-hybridized carbons (Fsp3) is 0.455.